The van der Waals surface area contributed by atoms with Crippen LogP contribution in [0, 0.1) is 5.82 Å². The second-order valence-corrected chi connectivity index (χ2v) is 4.67. The van der Waals surface area contributed by atoms with Gasteiger partial charge in [-0.25, -0.2) is 4.39 Å². The topological polar surface area (TPSA) is 46.3 Å². The number of anilines is 2. The van der Waals surface area contributed by atoms with E-state index in [4.69, 9.17) is 17.3 Å². The maximum Gasteiger partial charge on any atom is 0.258 e. The largest absolute Gasteiger partial charge is 0.398 e. The molecule has 0 saturated carbocycles. The average Bonchev–Trinajstić information content (AvgIpc) is 2.44. The van der Waals surface area contributed by atoms with E-state index in [0.29, 0.717) is 28.5 Å². The van der Waals surface area contributed by atoms with E-state index in [1.165, 1.54) is 18.2 Å². The van der Waals surface area contributed by atoms with Gasteiger partial charge in [0.15, 0.2) is 0 Å². The van der Waals surface area contributed by atoms with Crippen molar-refractivity contribution in [2.75, 3.05) is 17.2 Å². The predicted molar refractivity (Wildman–Crippen MR) is 79.6 cm³/mol. The van der Waals surface area contributed by atoms with Gasteiger partial charge in [0.1, 0.15) is 5.82 Å². The Morgan fingerprint density at radius 3 is 2.45 bits per heavy atom. The van der Waals surface area contributed by atoms with Crippen LogP contribution in [0.3, 0.4) is 0 Å². The molecule has 0 bridgehead atoms. The molecule has 0 aliphatic carbocycles. The number of halogens is 2. The number of hydrogen-bond acceptors (Lipinski definition) is 2. The van der Waals surface area contributed by atoms with Crippen LogP contribution in [0.25, 0.3) is 0 Å². The second-order valence-electron chi connectivity index (χ2n) is 4.26. The summed E-state index contributed by atoms with van der Waals surface area (Å²) in [6.07, 6.45) is 0. The minimum atomic E-state index is -0.340. The second kappa shape index (κ2) is 5.92. The van der Waals surface area contributed by atoms with Crippen LogP contribution in [0.15, 0.2) is 42.5 Å². The number of nitrogen functional groups attached to an aromatic ring is 1. The summed E-state index contributed by atoms with van der Waals surface area (Å²) in [6, 6.07) is 10.5. The number of carbonyl (C=O) groups excluding carboxylic acids is 1. The SMILES string of the molecule is CCN(C(=O)c1ccc(N)c(Cl)c1)c1ccc(F)cc1. The summed E-state index contributed by atoms with van der Waals surface area (Å²) in [4.78, 5) is 14.0. The van der Waals surface area contributed by atoms with Crippen molar-refractivity contribution in [3.8, 4) is 0 Å². The number of carbonyl (C=O) groups is 1. The van der Waals surface area contributed by atoms with Crippen LogP contribution < -0.4 is 10.6 Å². The molecule has 2 aromatic rings. The molecule has 0 aliphatic heterocycles. The quantitative estimate of drug-likeness (QED) is 0.876. The van der Waals surface area contributed by atoms with Crippen molar-refractivity contribution in [1.82, 2.24) is 0 Å². The molecule has 0 fully saturated rings. The molecule has 3 nitrogen and oxygen atoms in total. The van der Waals surface area contributed by atoms with Crippen LogP contribution in [-0.2, 0) is 0 Å². The third-order valence-electron chi connectivity index (χ3n) is 2.95. The molecular weight excluding hydrogens is 279 g/mol. The van der Waals surface area contributed by atoms with Gasteiger partial charge in [-0.3, -0.25) is 4.79 Å². The minimum Gasteiger partial charge on any atom is -0.398 e. The third-order valence-corrected chi connectivity index (χ3v) is 3.27. The van der Waals surface area contributed by atoms with Gasteiger partial charge in [-0.05, 0) is 49.4 Å². The Morgan fingerprint density at radius 2 is 1.90 bits per heavy atom. The van der Waals surface area contributed by atoms with Crippen LogP contribution in [0.2, 0.25) is 5.02 Å². The standard InChI is InChI=1S/C15H14ClFN2O/c1-2-19(12-6-4-11(17)5-7-12)15(20)10-3-8-14(18)13(16)9-10/h3-9H,2,18H2,1H3. The molecule has 5 heteroatoms. The van der Waals surface area contributed by atoms with E-state index in [0.717, 1.165) is 0 Å². The number of nitrogens with two attached hydrogens (primary N) is 1. The first-order chi connectivity index (χ1) is 9.52. The fraction of sp³-hybridized carbons (Fsp3) is 0.133. The van der Waals surface area contributed by atoms with Gasteiger partial charge in [0.25, 0.3) is 5.91 Å². The van der Waals surface area contributed by atoms with Gasteiger partial charge in [-0.1, -0.05) is 11.6 Å². The van der Waals surface area contributed by atoms with Gasteiger partial charge in [-0.2, -0.15) is 0 Å². The lowest BCUT2D eigenvalue weighted by atomic mass is 10.1. The Kier molecular flexibility index (Phi) is 4.25. The summed E-state index contributed by atoms with van der Waals surface area (Å²) in [5.74, 6) is -0.547. The molecule has 0 heterocycles. The number of rotatable bonds is 3. The lowest BCUT2D eigenvalue weighted by molar-refractivity contribution is 0.0988. The normalized spacial score (nSPS) is 10.3. The Balaban J connectivity index is 2.33. The smallest absolute Gasteiger partial charge is 0.258 e. The first kappa shape index (κ1) is 14.3. The van der Waals surface area contributed by atoms with Crippen molar-refractivity contribution >= 4 is 28.9 Å². The molecule has 0 aromatic heterocycles. The molecule has 1 amide bonds. The third kappa shape index (κ3) is 2.91. The van der Waals surface area contributed by atoms with Crippen LogP contribution in [0.1, 0.15) is 17.3 Å². The lowest BCUT2D eigenvalue weighted by Gasteiger charge is -2.21. The molecular formula is C15H14ClFN2O. The van der Waals surface area contributed by atoms with Gasteiger partial charge in [0.05, 0.1) is 10.7 Å². The van der Waals surface area contributed by atoms with Crippen LogP contribution in [0.4, 0.5) is 15.8 Å². The van der Waals surface area contributed by atoms with Crippen molar-refractivity contribution in [3.05, 3.63) is 58.9 Å². The van der Waals surface area contributed by atoms with E-state index >= 15 is 0 Å². The fourth-order valence-electron chi connectivity index (χ4n) is 1.88. The number of benzene rings is 2. The summed E-state index contributed by atoms with van der Waals surface area (Å²) >= 11 is 5.93. The average molecular weight is 293 g/mol. The van der Waals surface area contributed by atoms with Gasteiger partial charge >= 0.3 is 0 Å². The van der Waals surface area contributed by atoms with Crippen molar-refractivity contribution < 1.29 is 9.18 Å². The molecule has 0 aliphatic rings. The van der Waals surface area contributed by atoms with Crippen molar-refractivity contribution in [2.45, 2.75) is 6.92 Å². The first-order valence-corrected chi connectivity index (χ1v) is 6.53. The predicted octanol–water partition coefficient (Wildman–Crippen LogP) is 3.73. The molecule has 2 rings (SSSR count). The van der Waals surface area contributed by atoms with E-state index in [-0.39, 0.29) is 11.7 Å². The number of amides is 1. The van der Waals surface area contributed by atoms with E-state index in [1.54, 1.807) is 29.2 Å². The van der Waals surface area contributed by atoms with Crippen LogP contribution >= 0.6 is 11.6 Å². The molecule has 0 atom stereocenters. The van der Waals surface area contributed by atoms with Crippen LogP contribution in [0.5, 0.6) is 0 Å². The van der Waals surface area contributed by atoms with Gasteiger partial charge < -0.3 is 10.6 Å². The number of nitrogens with zero attached hydrogens (tertiary/aromatic N) is 1. The molecule has 0 spiro atoms. The Labute approximate surface area is 121 Å². The lowest BCUT2D eigenvalue weighted by Crippen LogP contribution is -2.30. The highest BCUT2D eigenvalue weighted by Crippen LogP contribution is 2.23. The monoisotopic (exact) mass is 292 g/mol. The van der Waals surface area contributed by atoms with Crippen molar-refractivity contribution in [2.24, 2.45) is 0 Å². The summed E-state index contributed by atoms with van der Waals surface area (Å²) < 4.78 is 12.9. The maximum atomic E-state index is 12.9. The van der Waals surface area contributed by atoms with Gasteiger partial charge in [0, 0.05) is 17.8 Å². The van der Waals surface area contributed by atoms with Crippen LogP contribution in [-0.4, -0.2) is 12.5 Å². The van der Waals surface area contributed by atoms with Crippen molar-refractivity contribution in [3.63, 3.8) is 0 Å². The highest BCUT2D eigenvalue weighted by molar-refractivity contribution is 6.33. The first-order valence-electron chi connectivity index (χ1n) is 6.15. The molecule has 104 valence electrons. The molecule has 0 unspecified atom stereocenters. The van der Waals surface area contributed by atoms with E-state index in [9.17, 15) is 9.18 Å². The summed E-state index contributed by atoms with van der Waals surface area (Å²) in [6.45, 7) is 2.31. The van der Waals surface area contributed by atoms with E-state index in [1.807, 2.05) is 6.92 Å². The summed E-state index contributed by atoms with van der Waals surface area (Å²) in [5, 5.41) is 0.339. The fourth-order valence-corrected chi connectivity index (χ4v) is 2.06. The molecule has 0 radical (unpaired) electrons. The Hall–Kier alpha value is -2.07. The maximum absolute atomic E-state index is 12.9. The zero-order valence-electron chi connectivity index (χ0n) is 10.9. The van der Waals surface area contributed by atoms with Gasteiger partial charge in [0.2, 0.25) is 0 Å². The highest BCUT2D eigenvalue weighted by atomic mass is 35.5. The minimum absolute atomic E-state index is 0.207. The van der Waals surface area contributed by atoms with E-state index < -0.39 is 0 Å². The zero-order valence-corrected chi connectivity index (χ0v) is 11.7. The zero-order chi connectivity index (χ0) is 14.7. The van der Waals surface area contributed by atoms with Crippen molar-refractivity contribution in [1.29, 1.82) is 0 Å². The number of hydrogen-bond donors (Lipinski definition) is 1. The Morgan fingerprint density at radius 1 is 1.25 bits per heavy atom. The molecule has 20 heavy (non-hydrogen) atoms. The Bertz CT molecular complexity index is 628. The van der Waals surface area contributed by atoms with E-state index in [2.05, 4.69) is 0 Å². The summed E-state index contributed by atoms with van der Waals surface area (Å²) in [7, 11) is 0. The molecule has 0 saturated heterocycles. The summed E-state index contributed by atoms with van der Waals surface area (Å²) in [5.41, 5.74) is 7.12. The molecule has 2 N–H and O–H groups in total. The van der Waals surface area contributed by atoms with Gasteiger partial charge in [-0.15, -0.1) is 0 Å². The highest BCUT2D eigenvalue weighted by Gasteiger charge is 2.16. The molecule has 2 aromatic carbocycles.